The molecule has 0 saturated heterocycles. The fraction of sp³-hybridized carbons (Fsp3) is 0.267. The summed E-state index contributed by atoms with van der Waals surface area (Å²) in [6.07, 6.45) is 8.91. The van der Waals surface area contributed by atoms with Gasteiger partial charge in [0.05, 0.1) is 5.56 Å². The first-order valence-electron chi connectivity index (χ1n) is 5.81. The number of allylic oxidation sites excluding steroid dienone is 4. The summed E-state index contributed by atoms with van der Waals surface area (Å²) < 4.78 is 5.16. The van der Waals surface area contributed by atoms with Gasteiger partial charge in [0.15, 0.2) is 0 Å². The van der Waals surface area contributed by atoms with Crippen molar-refractivity contribution >= 4 is 12.0 Å². The highest BCUT2D eigenvalue weighted by molar-refractivity contribution is 5.87. The van der Waals surface area contributed by atoms with Crippen molar-refractivity contribution in [2.45, 2.75) is 26.7 Å². The standard InChI is InChI=1S/C15H18O3/c1-4-11(2)6-5-7-12(3)8-14-9-13(10-18-14)15(16)17/h4,6,8-10H,1,5,7H2,2-3H3,(H,16,17). The Bertz CT molecular complexity index is 490. The molecule has 1 aromatic heterocycles. The Morgan fingerprint density at radius 3 is 2.78 bits per heavy atom. The van der Waals surface area contributed by atoms with Crippen LogP contribution in [0.15, 0.2) is 46.6 Å². The second-order valence-corrected chi connectivity index (χ2v) is 4.22. The van der Waals surface area contributed by atoms with Crippen LogP contribution in [-0.4, -0.2) is 11.1 Å². The van der Waals surface area contributed by atoms with Crippen molar-refractivity contribution in [1.82, 2.24) is 0 Å². The van der Waals surface area contributed by atoms with Gasteiger partial charge in [-0.15, -0.1) is 0 Å². The van der Waals surface area contributed by atoms with Gasteiger partial charge in [0.25, 0.3) is 0 Å². The predicted octanol–water partition coefficient (Wildman–Crippen LogP) is 4.29. The second-order valence-electron chi connectivity index (χ2n) is 4.22. The third-order valence-corrected chi connectivity index (χ3v) is 2.58. The van der Waals surface area contributed by atoms with E-state index >= 15 is 0 Å². The number of rotatable bonds is 6. The summed E-state index contributed by atoms with van der Waals surface area (Å²) in [5.74, 6) is -0.394. The zero-order valence-electron chi connectivity index (χ0n) is 10.8. The monoisotopic (exact) mass is 246 g/mol. The fourth-order valence-corrected chi connectivity index (χ4v) is 1.47. The number of hydrogen-bond acceptors (Lipinski definition) is 2. The number of carbonyl (C=O) groups is 1. The van der Waals surface area contributed by atoms with Crippen molar-refractivity contribution in [3.63, 3.8) is 0 Å². The molecule has 1 rings (SSSR count). The van der Waals surface area contributed by atoms with Gasteiger partial charge < -0.3 is 9.52 Å². The van der Waals surface area contributed by atoms with Crippen LogP contribution in [-0.2, 0) is 0 Å². The summed E-state index contributed by atoms with van der Waals surface area (Å²) in [5, 5.41) is 8.76. The van der Waals surface area contributed by atoms with Gasteiger partial charge in [-0.2, -0.15) is 0 Å². The summed E-state index contributed by atoms with van der Waals surface area (Å²) in [7, 11) is 0. The van der Waals surface area contributed by atoms with Crippen molar-refractivity contribution < 1.29 is 14.3 Å². The Hall–Kier alpha value is -2.03. The van der Waals surface area contributed by atoms with Crippen molar-refractivity contribution in [3.05, 3.63) is 53.5 Å². The number of hydrogen-bond donors (Lipinski definition) is 1. The van der Waals surface area contributed by atoms with E-state index < -0.39 is 5.97 Å². The zero-order chi connectivity index (χ0) is 13.5. The Labute approximate surface area is 107 Å². The van der Waals surface area contributed by atoms with Crippen LogP contribution in [0, 0.1) is 0 Å². The predicted molar refractivity (Wildman–Crippen MR) is 72.5 cm³/mol. The maximum absolute atomic E-state index is 10.7. The summed E-state index contributed by atoms with van der Waals surface area (Å²) in [6, 6.07) is 1.52. The molecule has 1 N–H and O–H groups in total. The minimum atomic E-state index is -0.972. The Morgan fingerprint density at radius 1 is 1.50 bits per heavy atom. The summed E-state index contributed by atoms with van der Waals surface area (Å²) in [6.45, 7) is 7.70. The third kappa shape index (κ3) is 4.45. The molecule has 0 unspecified atom stereocenters. The van der Waals surface area contributed by atoms with Gasteiger partial charge in [0.2, 0.25) is 0 Å². The van der Waals surface area contributed by atoms with E-state index in [0.29, 0.717) is 5.76 Å². The Morgan fingerprint density at radius 2 is 2.22 bits per heavy atom. The number of carboxylic acids is 1. The van der Waals surface area contributed by atoms with Gasteiger partial charge in [0.1, 0.15) is 12.0 Å². The quantitative estimate of drug-likeness (QED) is 0.761. The molecule has 3 nitrogen and oxygen atoms in total. The molecule has 0 aliphatic carbocycles. The molecule has 0 aliphatic heterocycles. The molecule has 18 heavy (non-hydrogen) atoms. The second kappa shape index (κ2) is 6.64. The third-order valence-electron chi connectivity index (χ3n) is 2.58. The molecule has 1 aromatic rings. The van der Waals surface area contributed by atoms with Crippen LogP contribution in [0.4, 0.5) is 0 Å². The maximum atomic E-state index is 10.7. The molecule has 0 amide bonds. The molecule has 0 fully saturated rings. The van der Waals surface area contributed by atoms with Crippen LogP contribution in [0.25, 0.3) is 6.08 Å². The average molecular weight is 246 g/mol. The van der Waals surface area contributed by atoms with Crippen molar-refractivity contribution in [2.24, 2.45) is 0 Å². The lowest BCUT2D eigenvalue weighted by molar-refractivity contribution is 0.0696. The van der Waals surface area contributed by atoms with E-state index in [-0.39, 0.29) is 5.56 Å². The average Bonchev–Trinajstić information content (AvgIpc) is 2.77. The van der Waals surface area contributed by atoms with Gasteiger partial charge in [-0.3, -0.25) is 0 Å². The molecule has 1 heterocycles. The van der Waals surface area contributed by atoms with Gasteiger partial charge in [-0.1, -0.05) is 29.9 Å². The first kappa shape index (κ1) is 14.0. The van der Waals surface area contributed by atoms with Crippen LogP contribution in [0.1, 0.15) is 42.8 Å². The summed E-state index contributed by atoms with van der Waals surface area (Å²) >= 11 is 0. The first-order chi connectivity index (χ1) is 8.52. The van der Waals surface area contributed by atoms with Crippen LogP contribution < -0.4 is 0 Å². The van der Waals surface area contributed by atoms with Gasteiger partial charge in [-0.25, -0.2) is 4.79 Å². The zero-order valence-corrected chi connectivity index (χ0v) is 10.8. The van der Waals surface area contributed by atoms with Crippen molar-refractivity contribution in [3.8, 4) is 0 Å². The van der Waals surface area contributed by atoms with Crippen LogP contribution >= 0.6 is 0 Å². The fourth-order valence-electron chi connectivity index (χ4n) is 1.47. The summed E-state index contributed by atoms with van der Waals surface area (Å²) in [4.78, 5) is 10.7. The van der Waals surface area contributed by atoms with E-state index in [2.05, 4.69) is 12.7 Å². The van der Waals surface area contributed by atoms with E-state index in [1.807, 2.05) is 26.0 Å². The minimum absolute atomic E-state index is 0.177. The highest BCUT2D eigenvalue weighted by atomic mass is 16.4. The smallest absolute Gasteiger partial charge is 0.338 e. The van der Waals surface area contributed by atoms with Crippen LogP contribution in [0.3, 0.4) is 0 Å². The van der Waals surface area contributed by atoms with E-state index in [9.17, 15) is 4.79 Å². The molecule has 0 bridgehead atoms. The lowest BCUT2D eigenvalue weighted by Gasteiger charge is -1.97. The summed E-state index contributed by atoms with van der Waals surface area (Å²) in [5.41, 5.74) is 2.49. The minimum Gasteiger partial charge on any atom is -0.478 e. The van der Waals surface area contributed by atoms with E-state index in [1.54, 1.807) is 0 Å². The molecular formula is C15H18O3. The highest BCUT2D eigenvalue weighted by Gasteiger charge is 2.06. The highest BCUT2D eigenvalue weighted by Crippen LogP contribution is 2.15. The molecule has 0 atom stereocenters. The molecular weight excluding hydrogens is 228 g/mol. The molecule has 0 saturated carbocycles. The Kier molecular flexibility index (Phi) is 5.18. The molecule has 0 aliphatic rings. The molecule has 0 spiro atoms. The largest absolute Gasteiger partial charge is 0.478 e. The molecule has 3 heteroatoms. The van der Waals surface area contributed by atoms with E-state index in [0.717, 1.165) is 24.0 Å². The van der Waals surface area contributed by atoms with Crippen molar-refractivity contribution in [1.29, 1.82) is 0 Å². The van der Waals surface area contributed by atoms with Crippen molar-refractivity contribution in [2.75, 3.05) is 0 Å². The number of furan rings is 1. The topological polar surface area (TPSA) is 50.4 Å². The van der Waals surface area contributed by atoms with Gasteiger partial charge in [-0.05, 0) is 38.8 Å². The lowest BCUT2D eigenvalue weighted by atomic mass is 10.1. The SMILES string of the molecule is C=CC(C)=CCCC(C)=Cc1cc(C(=O)O)co1. The maximum Gasteiger partial charge on any atom is 0.338 e. The van der Waals surface area contributed by atoms with Gasteiger partial charge in [0, 0.05) is 0 Å². The molecule has 0 radical (unpaired) electrons. The normalized spacial score (nSPS) is 12.6. The van der Waals surface area contributed by atoms with E-state index in [4.69, 9.17) is 9.52 Å². The molecule has 96 valence electrons. The van der Waals surface area contributed by atoms with Gasteiger partial charge >= 0.3 is 5.97 Å². The van der Waals surface area contributed by atoms with Crippen LogP contribution in [0.5, 0.6) is 0 Å². The number of carboxylic acid groups (broad SMARTS) is 1. The lowest BCUT2D eigenvalue weighted by Crippen LogP contribution is -1.91. The van der Waals surface area contributed by atoms with Crippen LogP contribution in [0.2, 0.25) is 0 Å². The number of aromatic carboxylic acids is 1. The molecule has 0 aromatic carbocycles. The Balaban J connectivity index is 2.59. The van der Waals surface area contributed by atoms with E-state index in [1.165, 1.54) is 12.3 Å². The first-order valence-corrected chi connectivity index (χ1v) is 5.81.